The second-order valence-corrected chi connectivity index (χ2v) is 9.43. The molecule has 2 amide bonds. The Bertz CT molecular complexity index is 1240. The Kier molecular flexibility index (Phi) is 3.97. The maximum absolute atomic E-state index is 14.0. The lowest BCUT2D eigenvalue weighted by Gasteiger charge is -2.54. The highest BCUT2D eigenvalue weighted by Crippen LogP contribution is 2.65. The van der Waals surface area contributed by atoms with Crippen LogP contribution in [0.2, 0.25) is 10.0 Å². The van der Waals surface area contributed by atoms with E-state index in [0.717, 1.165) is 17.5 Å². The highest BCUT2D eigenvalue weighted by molar-refractivity contribution is 6.38. The number of amides is 2. The van der Waals surface area contributed by atoms with E-state index in [4.69, 9.17) is 23.2 Å². The summed E-state index contributed by atoms with van der Waals surface area (Å²) >= 11 is 12.5. The van der Waals surface area contributed by atoms with Crippen molar-refractivity contribution in [1.82, 2.24) is 0 Å². The number of imide groups is 1. The van der Waals surface area contributed by atoms with Gasteiger partial charge in [0.2, 0.25) is 11.8 Å². The number of carbonyl (C=O) groups is 2. The lowest BCUT2D eigenvalue weighted by molar-refractivity contribution is -0.123. The van der Waals surface area contributed by atoms with Crippen LogP contribution in [-0.4, -0.2) is 11.8 Å². The Morgan fingerprint density at radius 1 is 0.871 bits per heavy atom. The fourth-order valence-corrected chi connectivity index (χ4v) is 6.92. The molecule has 3 nitrogen and oxygen atoms in total. The number of halogens is 2. The summed E-state index contributed by atoms with van der Waals surface area (Å²) in [5, 5.41) is 0.774. The van der Waals surface area contributed by atoms with Crippen LogP contribution < -0.4 is 4.90 Å². The van der Waals surface area contributed by atoms with E-state index in [9.17, 15) is 9.59 Å². The molecule has 31 heavy (non-hydrogen) atoms. The molecular formula is C26H19Cl2NO2. The van der Waals surface area contributed by atoms with Crippen molar-refractivity contribution in [1.29, 1.82) is 0 Å². The fraction of sp³-hybridized carbons (Fsp3) is 0.231. The number of hydrogen-bond acceptors (Lipinski definition) is 2. The minimum atomic E-state index is -0.535. The molecule has 1 aliphatic heterocycles. The van der Waals surface area contributed by atoms with Crippen molar-refractivity contribution in [3.8, 4) is 0 Å². The summed E-state index contributed by atoms with van der Waals surface area (Å²) in [6, 6.07) is 21.5. The Morgan fingerprint density at radius 3 is 2.06 bits per heavy atom. The molecule has 2 atom stereocenters. The summed E-state index contributed by atoms with van der Waals surface area (Å²) in [6.07, 6.45) is 0.732. The molecule has 5 heteroatoms. The van der Waals surface area contributed by atoms with Crippen LogP contribution >= 0.6 is 23.2 Å². The quantitative estimate of drug-likeness (QED) is 0.454. The van der Waals surface area contributed by atoms with Crippen LogP contribution in [0.4, 0.5) is 5.69 Å². The molecule has 4 aliphatic rings. The van der Waals surface area contributed by atoms with Crippen LogP contribution in [-0.2, 0) is 15.0 Å². The number of rotatable bonds is 2. The Hall–Kier alpha value is -2.62. The molecule has 1 heterocycles. The van der Waals surface area contributed by atoms with Gasteiger partial charge >= 0.3 is 0 Å². The predicted octanol–water partition coefficient (Wildman–Crippen LogP) is 5.95. The van der Waals surface area contributed by atoms with E-state index in [0.29, 0.717) is 15.7 Å². The van der Waals surface area contributed by atoms with Crippen molar-refractivity contribution < 1.29 is 9.59 Å². The molecule has 7 rings (SSSR count). The topological polar surface area (TPSA) is 37.4 Å². The molecule has 0 aromatic heterocycles. The zero-order valence-corrected chi connectivity index (χ0v) is 18.3. The predicted molar refractivity (Wildman–Crippen MR) is 122 cm³/mol. The van der Waals surface area contributed by atoms with Crippen LogP contribution in [0.3, 0.4) is 0 Å². The number of nitrogens with zero attached hydrogens (tertiary/aromatic N) is 1. The Balaban J connectivity index is 1.64. The highest BCUT2D eigenvalue weighted by atomic mass is 35.5. The van der Waals surface area contributed by atoms with Gasteiger partial charge < -0.3 is 0 Å². The summed E-state index contributed by atoms with van der Waals surface area (Å²) < 4.78 is 0. The first kappa shape index (κ1) is 19.1. The van der Waals surface area contributed by atoms with Crippen molar-refractivity contribution in [2.45, 2.75) is 24.7 Å². The first-order valence-corrected chi connectivity index (χ1v) is 11.3. The third-order valence-corrected chi connectivity index (χ3v) is 8.04. The summed E-state index contributed by atoms with van der Waals surface area (Å²) in [4.78, 5) is 29.2. The van der Waals surface area contributed by atoms with Gasteiger partial charge in [-0.25, -0.2) is 4.90 Å². The van der Waals surface area contributed by atoms with Crippen LogP contribution in [0.25, 0.3) is 0 Å². The van der Waals surface area contributed by atoms with Crippen molar-refractivity contribution in [3.63, 3.8) is 0 Å². The van der Waals surface area contributed by atoms with Crippen LogP contribution in [0, 0.1) is 11.8 Å². The minimum absolute atomic E-state index is 0.140. The van der Waals surface area contributed by atoms with Gasteiger partial charge in [-0.2, -0.15) is 0 Å². The molecule has 0 N–H and O–H groups in total. The molecule has 3 aromatic carbocycles. The average Bonchev–Trinajstić information content (AvgIpc) is 3.05. The minimum Gasteiger partial charge on any atom is -0.274 e. The summed E-state index contributed by atoms with van der Waals surface area (Å²) in [5.41, 5.74) is 4.55. The van der Waals surface area contributed by atoms with Gasteiger partial charge in [0, 0.05) is 16.4 Å². The van der Waals surface area contributed by atoms with Gasteiger partial charge in [0.25, 0.3) is 0 Å². The van der Waals surface area contributed by atoms with Crippen molar-refractivity contribution >= 4 is 40.7 Å². The number of benzene rings is 3. The molecule has 0 saturated carbocycles. The third kappa shape index (κ3) is 2.21. The Labute approximate surface area is 190 Å². The standard InChI is InChI=1S/C26H19Cl2NO2/c1-2-26-17-9-5-3-7-15(17)21(16-8-4-6-10-18(16)26)22-23(26)25(31)29(24(22)30)20-12-11-14(27)13-19(20)28/h3-13,21-23H,2H2,1H3/t21?,22-,23+,26?/m0/s1. The second kappa shape index (κ2) is 6.44. The van der Waals surface area contributed by atoms with Gasteiger partial charge in [-0.15, -0.1) is 0 Å². The maximum Gasteiger partial charge on any atom is 0.239 e. The molecule has 1 saturated heterocycles. The molecule has 3 aliphatic carbocycles. The van der Waals surface area contributed by atoms with E-state index < -0.39 is 17.3 Å². The smallest absolute Gasteiger partial charge is 0.239 e. The van der Waals surface area contributed by atoms with E-state index in [2.05, 4.69) is 31.2 Å². The molecule has 1 fully saturated rings. The normalized spacial score (nSPS) is 27.8. The molecule has 2 bridgehead atoms. The third-order valence-electron chi connectivity index (χ3n) is 7.50. The van der Waals surface area contributed by atoms with Gasteiger partial charge in [0.05, 0.1) is 22.5 Å². The van der Waals surface area contributed by atoms with Gasteiger partial charge in [-0.1, -0.05) is 78.7 Å². The van der Waals surface area contributed by atoms with E-state index >= 15 is 0 Å². The lowest BCUT2D eigenvalue weighted by Crippen LogP contribution is -2.53. The zero-order chi connectivity index (χ0) is 21.5. The first-order valence-electron chi connectivity index (χ1n) is 10.5. The van der Waals surface area contributed by atoms with E-state index in [-0.39, 0.29) is 17.7 Å². The SMILES string of the molecule is CCC12c3ccccc3C(c3ccccc31)[C@@H]1C(=O)N(c3ccc(Cl)cc3Cl)C(=O)[C@@H]12. The molecule has 0 spiro atoms. The Morgan fingerprint density at radius 2 is 1.48 bits per heavy atom. The maximum atomic E-state index is 14.0. The number of hydrogen-bond donors (Lipinski definition) is 0. The number of anilines is 1. The first-order chi connectivity index (χ1) is 15.0. The van der Waals surface area contributed by atoms with E-state index in [1.165, 1.54) is 16.0 Å². The summed E-state index contributed by atoms with van der Waals surface area (Å²) in [5.74, 6) is -1.38. The fourth-order valence-electron chi connectivity index (χ4n) is 6.43. The van der Waals surface area contributed by atoms with Crippen molar-refractivity contribution in [3.05, 3.63) is 99.0 Å². The van der Waals surface area contributed by atoms with Crippen molar-refractivity contribution in [2.75, 3.05) is 4.90 Å². The van der Waals surface area contributed by atoms with E-state index in [1.807, 2.05) is 24.3 Å². The van der Waals surface area contributed by atoms with Gasteiger partial charge in [-0.3, -0.25) is 9.59 Å². The van der Waals surface area contributed by atoms with E-state index in [1.54, 1.807) is 18.2 Å². The number of carbonyl (C=O) groups excluding carboxylic acids is 2. The largest absolute Gasteiger partial charge is 0.274 e. The molecule has 3 aromatic rings. The van der Waals surface area contributed by atoms with Gasteiger partial charge in [-0.05, 0) is 46.9 Å². The summed E-state index contributed by atoms with van der Waals surface area (Å²) in [7, 11) is 0. The van der Waals surface area contributed by atoms with Crippen molar-refractivity contribution in [2.24, 2.45) is 11.8 Å². The average molecular weight is 448 g/mol. The zero-order valence-electron chi connectivity index (χ0n) is 16.8. The van der Waals surface area contributed by atoms with Crippen LogP contribution in [0.15, 0.2) is 66.7 Å². The molecule has 154 valence electrons. The lowest BCUT2D eigenvalue weighted by atomic mass is 9.46. The van der Waals surface area contributed by atoms with Gasteiger partial charge in [0.15, 0.2) is 0 Å². The monoisotopic (exact) mass is 447 g/mol. The molecule has 0 unspecified atom stereocenters. The molecular weight excluding hydrogens is 429 g/mol. The highest BCUT2D eigenvalue weighted by Gasteiger charge is 2.67. The van der Waals surface area contributed by atoms with Crippen LogP contribution in [0.5, 0.6) is 0 Å². The van der Waals surface area contributed by atoms with Crippen LogP contribution in [0.1, 0.15) is 41.5 Å². The van der Waals surface area contributed by atoms with Gasteiger partial charge in [0.1, 0.15) is 0 Å². The second-order valence-electron chi connectivity index (χ2n) is 8.59. The molecule has 0 radical (unpaired) electrons. The summed E-state index contributed by atoms with van der Waals surface area (Å²) in [6.45, 7) is 2.12.